The maximum absolute atomic E-state index is 14.1. The summed E-state index contributed by atoms with van der Waals surface area (Å²) in [5.74, 6) is -1.58. The molecule has 1 aliphatic carbocycles. The highest BCUT2D eigenvalue weighted by molar-refractivity contribution is 5.95. The Bertz CT molecular complexity index is 989. The van der Waals surface area contributed by atoms with Gasteiger partial charge in [-0.15, -0.1) is 0 Å². The highest BCUT2D eigenvalue weighted by atomic mass is 19.4. The molecule has 8 heteroatoms. The molecule has 0 N–H and O–H groups in total. The Hall–Kier alpha value is -2.38. The summed E-state index contributed by atoms with van der Waals surface area (Å²) < 4.78 is 56.8. The third-order valence-electron chi connectivity index (χ3n) is 5.41. The summed E-state index contributed by atoms with van der Waals surface area (Å²) in [6.07, 6.45) is -1.35. The summed E-state index contributed by atoms with van der Waals surface area (Å²) in [5, 5.41) is 0. The number of aromatic nitrogens is 2. The average Bonchev–Trinajstić information content (AvgIpc) is 2.86. The van der Waals surface area contributed by atoms with E-state index in [1.165, 1.54) is 0 Å². The Balaban J connectivity index is 2.08. The molecule has 0 bridgehead atoms. The quantitative estimate of drug-likeness (QED) is 0.668. The molecule has 0 radical (unpaired) electrons. The highest BCUT2D eigenvalue weighted by Crippen LogP contribution is 2.31. The zero-order valence-corrected chi connectivity index (χ0v) is 17.0. The highest BCUT2D eigenvalue weighted by Gasteiger charge is 2.32. The van der Waals surface area contributed by atoms with Gasteiger partial charge >= 0.3 is 6.18 Å². The lowest BCUT2D eigenvalue weighted by Gasteiger charge is -2.27. The van der Waals surface area contributed by atoms with E-state index in [1.54, 1.807) is 6.07 Å². The van der Waals surface area contributed by atoms with E-state index in [0.29, 0.717) is 36.1 Å². The molecule has 1 aromatic heterocycles. The fourth-order valence-corrected chi connectivity index (χ4v) is 3.53. The number of carbonyl (C=O) groups excluding carboxylic acids is 1. The van der Waals surface area contributed by atoms with Gasteiger partial charge in [-0.3, -0.25) is 14.2 Å². The summed E-state index contributed by atoms with van der Waals surface area (Å²) in [5.41, 5.74) is -0.743. The molecule has 0 saturated heterocycles. The van der Waals surface area contributed by atoms with Crippen molar-refractivity contribution in [2.45, 2.75) is 58.2 Å². The first-order valence-corrected chi connectivity index (χ1v) is 9.61. The topological polar surface area (TPSA) is 39.3 Å². The zero-order chi connectivity index (χ0) is 21.6. The number of alkyl halides is 3. The van der Waals surface area contributed by atoms with E-state index in [9.17, 15) is 22.4 Å². The van der Waals surface area contributed by atoms with Gasteiger partial charge in [0.05, 0.1) is 11.1 Å². The molecule has 0 atom stereocenters. The molecule has 3 rings (SSSR count). The second-order valence-electron chi connectivity index (χ2n) is 8.65. The van der Waals surface area contributed by atoms with E-state index in [4.69, 9.17) is 0 Å². The number of benzene rings is 1. The van der Waals surface area contributed by atoms with Crippen LogP contribution in [-0.2, 0) is 25.2 Å². The van der Waals surface area contributed by atoms with Gasteiger partial charge in [-0.05, 0) is 37.0 Å². The van der Waals surface area contributed by atoms with Crippen molar-refractivity contribution in [3.05, 3.63) is 52.4 Å². The van der Waals surface area contributed by atoms with Crippen molar-refractivity contribution in [2.75, 3.05) is 0 Å². The summed E-state index contributed by atoms with van der Waals surface area (Å²) in [6.45, 7) is 6.72. The van der Waals surface area contributed by atoms with E-state index >= 15 is 0 Å². The summed E-state index contributed by atoms with van der Waals surface area (Å²) >= 11 is 0. The standard InChI is InChI=1S/C21H25F4N3O/c1-20(2,3)17-11-18(28(27(17)4)12-13-6-5-7-13)26-19(29)15-10-14(21(23,24)25)8-9-16(15)22/h8-11,13H,5-7,12H2,1-4H3. The van der Waals surface area contributed by atoms with Crippen molar-refractivity contribution in [3.8, 4) is 0 Å². The summed E-state index contributed by atoms with van der Waals surface area (Å²) in [7, 11) is 1.87. The van der Waals surface area contributed by atoms with Crippen LogP contribution in [0.5, 0.6) is 0 Å². The first-order valence-electron chi connectivity index (χ1n) is 9.61. The van der Waals surface area contributed by atoms with E-state index in [0.717, 1.165) is 25.0 Å². The molecular weight excluding hydrogens is 386 g/mol. The molecule has 158 valence electrons. The Labute approximate surface area is 166 Å². The minimum Gasteiger partial charge on any atom is -0.291 e. The van der Waals surface area contributed by atoms with Crippen LogP contribution in [0.4, 0.5) is 17.6 Å². The smallest absolute Gasteiger partial charge is 0.291 e. The van der Waals surface area contributed by atoms with Gasteiger partial charge in [0.1, 0.15) is 5.82 Å². The number of hydrogen-bond donors (Lipinski definition) is 0. The molecule has 1 fully saturated rings. The second kappa shape index (κ2) is 7.46. The average molecular weight is 411 g/mol. The maximum atomic E-state index is 14.1. The largest absolute Gasteiger partial charge is 0.416 e. The molecule has 0 aliphatic heterocycles. The molecular formula is C21H25F4N3O. The third-order valence-corrected chi connectivity index (χ3v) is 5.41. The van der Waals surface area contributed by atoms with E-state index in [1.807, 2.05) is 37.2 Å². The van der Waals surface area contributed by atoms with Gasteiger partial charge in [-0.25, -0.2) is 4.39 Å². The molecule has 4 nitrogen and oxygen atoms in total. The van der Waals surface area contributed by atoms with Crippen molar-refractivity contribution in [3.63, 3.8) is 0 Å². The van der Waals surface area contributed by atoms with Crippen LogP contribution in [0.2, 0.25) is 0 Å². The van der Waals surface area contributed by atoms with Crippen LogP contribution in [0.15, 0.2) is 29.3 Å². The number of rotatable bonds is 3. The lowest BCUT2D eigenvalue weighted by Crippen LogP contribution is -2.30. The van der Waals surface area contributed by atoms with Gasteiger partial charge in [-0.1, -0.05) is 27.2 Å². The molecule has 29 heavy (non-hydrogen) atoms. The van der Waals surface area contributed by atoms with Gasteiger partial charge in [-0.2, -0.15) is 18.2 Å². The zero-order valence-electron chi connectivity index (χ0n) is 17.0. The Kier molecular flexibility index (Phi) is 5.49. The van der Waals surface area contributed by atoms with Gasteiger partial charge in [0, 0.05) is 30.8 Å². The molecule has 1 aliphatic rings. The number of halogens is 4. The normalized spacial score (nSPS) is 16.2. The minimum absolute atomic E-state index is 0.228. The molecule has 2 aromatic rings. The monoisotopic (exact) mass is 411 g/mol. The Morgan fingerprint density at radius 2 is 1.83 bits per heavy atom. The van der Waals surface area contributed by atoms with Gasteiger partial charge in [0.2, 0.25) is 0 Å². The van der Waals surface area contributed by atoms with Crippen LogP contribution in [0, 0.1) is 11.7 Å². The van der Waals surface area contributed by atoms with Crippen molar-refractivity contribution >= 4 is 5.91 Å². The third kappa shape index (κ3) is 4.46. The van der Waals surface area contributed by atoms with Crippen LogP contribution in [0.1, 0.15) is 61.6 Å². The molecule has 0 spiro atoms. The SMILES string of the molecule is Cn1c(C(C)(C)C)cc(=NC(=O)c2cc(C(F)(F)F)ccc2F)n1CC1CCC1. The molecule has 1 amide bonds. The molecule has 1 heterocycles. The minimum atomic E-state index is -4.67. The molecule has 1 saturated carbocycles. The van der Waals surface area contributed by atoms with Crippen molar-refractivity contribution in [1.29, 1.82) is 0 Å². The predicted octanol–water partition coefficient (Wildman–Crippen LogP) is 4.82. The number of hydrogen-bond acceptors (Lipinski definition) is 1. The van der Waals surface area contributed by atoms with Crippen LogP contribution in [0.25, 0.3) is 0 Å². The van der Waals surface area contributed by atoms with Crippen molar-refractivity contribution in [2.24, 2.45) is 18.0 Å². The lowest BCUT2D eigenvalue weighted by molar-refractivity contribution is -0.137. The van der Waals surface area contributed by atoms with Crippen LogP contribution in [-0.4, -0.2) is 15.3 Å². The second-order valence-corrected chi connectivity index (χ2v) is 8.65. The number of carbonyl (C=O) groups is 1. The van der Waals surface area contributed by atoms with Crippen molar-refractivity contribution in [1.82, 2.24) is 9.36 Å². The lowest BCUT2D eigenvalue weighted by atomic mass is 9.85. The Morgan fingerprint density at radius 1 is 1.17 bits per heavy atom. The number of amides is 1. The number of nitrogens with zero attached hydrogens (tertiary/aromatic N) is 3. The van der Waals surface area contributed by atoms with Crippen LogP contribution < -0.4 is 5.49 Å². The Morgan fingerprint density at radius 3 is 2.34 bits per heavy atom. The summed E-state index contributed by atoms with van der Waals surface area (Å²) in [6, 6.07) is 3.54. The molecule has 1 aromatic carbocycles. The van der Waals surface area contributed by atoms with Crippen molar-refractivity contribution < 1.29 is 22.4 Å². The predicted molar refractivity (Wildman–Crippen MR) is 101 cm³/mol. The van der Waals surface area contributed by atoms with Crippen LogP contribution >= 0.6 is 0 Å². The fraction of sp³-hybridized carbons (Fsp3) is 0.524. The van der Waals surface area contributed by atoms with Gasteiger partial charge < -0.3 is 0 Å². The van der Waals surface area contributed by atoms with Crippen LogP contribution in [0.3, 0.4) is 0 Å². The van der Waals surface area contributed by atoms with Gasteiger partial charge in [0.25, 0.3) is 5.91 Å². The maximum Gasteiger partial charge on any atom is 0.416 e. The van der Waals surface area contributed by atoms with E-state index in [2.05, 4.69) is 4.99 Å². The first-order chi connectivity index (χ1) is 13.4. The van der Waals surface area contributed by atoms with Gasteiger partial charge in [0.15, 0.2) is 5.49 Å². The summed E-state index contributed by atoms with van der Waals surface area (Å²) in [4.78, 5) is 16.6. The fourth-order valence-electron chi connectivity index (χ4n) is 3.53. The van der Waals surface area contributed by atoms with E-state index in [-0.39, 0.29) is 5.41 Å². The first kappa shape index (κ1) is 21.3. The van der Waals surface area contributed by atoms with E-state index < -0.39 is 29.0 Å². The molecule has 0 unspecified atom stereocenters.